The molecule has 0 radical (unpaired) electrons. The van der Waals surface area contributed by atoms with Crippen LogP contribution >= 0.6 is 0 Å². The van der Waals surface area contributed by atoms with E-state index in [-0.39, 0.29) is 23.6 Å². The molecule has 0 spiro atoms. The Bertz CT molecular complexity index is 1340. The summed E-state index contributed by atoms with van der Waals surface area (Å²) >= 11 is 0. The van der Waals surface area contributed by atoms with E-state index in [1.54, 1.807) is 0 Å². The molecule has 1 nitrogen and oxygen atoms in total. The van der Waals surface area contributed by atoms with Crippen molar-refractivity contribution < 1.29 is 44.3 Å². The molecule has 0 atom stereocenters. The van der Waals surface area contributed by atoms with Crippen molar-refractivity contribution in [3.05, 3.63) is 88.2 Å². The lowest BCUT2D eigenvalue weighted by Gasteiger charge is -2.32. The molecule has 0 heterocycles. The van der Waals surface area contributed by atoms with Crippen LogP contribution in [0.3, 0.4) is 0 Å². The van der Waals surface area contributed by atoms with E-state index < -0.39 is 69.3 Å². The maximum atomic E-state index is 14.9. The Morgan fingerprint density at radius 1 is 0.575 bits per heavy atom. The largest absolute Gasteiger partial charge is 0.432 e. The lowest BCUT2D eigenvalue weighted by Crippen LogP contribution is -2.26. The second-order valence-corrected chi connectivity index (χ2v) is 10.7. The van der Waals surface area contributed by atoms with Crippen molar-refractivity contribution in [2.24, 2.45) is 11.8 Å². The van der Waals surface area contributed by atoms with Crippen molar-refractivity contribution in [3.8, 4) is 16.9 Å². The molecule has 10 heteroatoms. The lowest BCUT2D eigenvalue weighted by atomic mass is 9.73. The highest BCUT2D eigenvalue weighted by Crippen LogP contribution is 2.45. The molecule has 0 bridgehead atoms. The maximum Gasteiger partial charge on any atom is 0.432 e. The summed E-state index contributed by atoms with van der Waals surface area (Å²) in [5, 5.41) is 0. The Balaban J connectivity index is 1.35. The second-order valence-electron chi connectivity index (χ2n) is 10.7. The predicted molar refractivity (Wildman–Crippen MR) is 129 cm³/mol. The lowest BCUT2D eigenvalue weighted by molar-refractivity contribution is -0.189. The van der Waals surface area contributed by atoms with E-state index in [2.05, 4.69) is 4.74 Å². The summed E-state index contributed by atoms with van der Waals surface area (Å²) in [6.45, 7) is 0. The highest BCUT2D eigenvalue weighted by Gasteiger charge is 2.42. The zero-order valence-corrected chi connectivity index (χ0v) is 21.2. The van der Waals surface area contributed by atoms with Crippen LogP contribution in [0.2, 0.25) is 0 Å². The molecular weight excluding hydrogens is 547 g/mol. The Hall–Kier alpha value is -3.17. The minimum atomic E-state index is -4.67. The zero-order chi connectivity index (χ0) is 28.8. The van der Waals surface area contributed by atoms with Gasteiger partial charge in [-0.2, -0.15) is 8.78 Å². The molecule has 0 unspecified atom stereocenters. The van der Waals surface area contributed by atoms with Crippen LogP contribution in [-0.2, 0) is 6.11 Å². The van der Waals surface area contributed by atoms with Crippen molar-refractivity contribution in [3.63, 3.8) is 0 Å². The molecule has 0 aromatic heterocycles. The van der Waals surface area contributed by atoms with Crippen LogP contribution in [-0.4, -0.2) is 0 Å². The molecule has 0 saturated heterocycles. The number of hydrogen-bond donors (Lipinski definition) is 0. The normalized spacial score (nSPS) is 20.2. The van der Waals surface area contributed by atoms with Crippen molar-refractivity contribution in [1.82, 2.24) is 0 Å². The van der Waals surface area contributed by atoms with Crippen molar-refractivity contribution in [1.29, 1.82) is 0 Å². The number of halogens is 9. The van der Waals surface area contributed by atoms with Gasteiger partial charge in [-0.05, 0) is 78.8 Å². The Labute approximate surface area is 225 Å². The molecule has 2 saturated carbocycles. The zero-order valence-electron chi connectivity index (χ0n) is 21.2. The van der Waals surface area contributed by atoms with E-state index in [4.69, 9.17) is 0 Å². The SMILES string of the molecule is Fc1cc(-c2c(F)cc(OC(F)(F)c3c(F)cc(C4CCC(C5CCCC5)CC4)cc3F)cc2F)cc(F)c1F. The van der Waals surface area contributed by atoms with Gasteiger partial charge >= 0.3 is 6.11 Å². The summed E-state index contributed by atoms with van der Waals surface area (Å²) in [7, 11) is 0. The first-order valence-electron chi connectivity index (χ1n) is 13.1. The fraction of sp³-hybridized carbons (Fsp3) is 0.400. The number of rotatable bonds is 6. The van der Waals surface area contributed by atoms with Gasteiger partial charge in [-0.15, -0.1) is 0 Å². The number of alkyl halides is 2. The molecule has 2 fully saturated rings. The highest BCUT2D eigenvalue weighted by atomic mass is 19.3. The van der Waals surface area contributed by atoms with Gasteiger partial charge in [-0.3, -0.25) is 0 Å². The summed E-state index contributed by atoms with van der Waals surface area (Å²) in [5.74, 6) is -11.7. The van der Waals surface area contributed by atoms with E-state index in [0.29, 0.717) is 36.8 Å². The number of ether oxygens (including phenoxy) is 1. The predicted octanol–water partition coefficient (Wildman–Crippen LogP) is 9.92. The molecule has 5 rings (SSSR count). The van der Waals surface area contributed by atoms with Gasteiger partial charge in [0.2, 0.25) is 0 Å². The first kappa shape index (κ1) is 28.4. The van der Waals surface area contributed by atoms with Gasteiger partial charge in [0.25, 0.3) is 0 Å². The van der Waals surface area contributed by atoms with E-state index in [1.165, 1.54) is 25.7 Å². The summed E-state index contributed by atoms with van der Waals surface area (Å²) < 4.78 is 133. The van der Waals surface area contributed by atoms with Gasteiger partial charge in [0.1, 0.15) is 34.6 Å². The van der Waals surface area contributed by atoms with E-state index in [1.807, 2.05) is 0 Å². The highest BCUT2D eigenvalue weighted by molar-refractivity contribution is 5.66. The topological polar surface area (TPSA) is 9.23 Å². The minimum Gasteiger partial charge on any atom is -0.429 e. The van der Waals surface area contributed by atoms with Gasteiger partial charge in [0.15, 0.2) is 17.5 Å². The fourth-order valence-electron chi connectivity index (χ4n) is 6.24. The Morgan fingerprint density at radius 3 is 1.60 bits per heavy atom. The van der Waals surface area contributed by atoms with E-state index in [9.17, 15) is 39.5 Å². The van der Waals surface area contributed by atoms with E-state index in [0.717, 1.165) is 25.0 Å². The van der Waals surface area contributed by atoms with Gasteiger partial charge in [0.05, 0.1) is 5.56 Å². The van der Waals surface area contributed by atoms with Crippen molar-refractivity contribution in [2.45, 2.75) is 63.4 Å². The summed E-state index contributed by atoms with van der Waals surface area (Å²) in [4.78, 5) is 0. The molecule has 0 N–H and O–H groups in total. The molecule has 0 amide bonds. The Kier molecular flexibility index (Phi) is 7.81. The Morgan fingerprint density at radius 2 is 1.07 bits per heavy atom. The fourth-order valence-corrected chi connectivity index (χ4v) is 6.24. The summed E-state index contributed by atoms with van der Waals surface area (Å²) in [6, 6.07) is 2.86. The quantitative estimate of drug-likeness (QED) is 0.211. The molecule has 40 heavy (non-hydrogen) atoms. The second kappa shape index (κ2) is 11.0. The number of benzene rings is 3. The summed E-state index contributed by atoms with van der Waals surface area (Å²) in [5.41, 5.74) is -3.24. The molecule has 2 aliphatic carbocycles. The first-order valence-corrected chi connectivity index (χ1v) is 13.1. The third-order valence-electron chi connectivity index (χ3n) is 8.20. The van der Waals surface area contributed by atoms with Crippen LogP contribution < -0.4 is 4.74 Å². The molecule has 214 valence electrons. The van der Waals surface area contributed by atoms with Crippen LogP contribution in [0.1, 0.15) is 68.4 Å². The average Bonchev–Trinajstić information content (AvgIpc) is 3.41. The summed E-state index contributed by atoms with van der Waals surface area (Å²) in [6.07, 6.45) is 3.37. The molecule has 0 aliphatic heterocycles. The van der Waals surface area contributed by atoms with Gasteiger partial charge in [0, 0.05) is 12.1 Å². The minimum absolute atomic E-state index is 0.179. The van der Waals surface area contributed by atoms with Crippen LogP contribution in [0, 0.1) is 52.6 Å². The molecular formula is C30H25F9O. The van der Waals surface area contributed by atoms with Crippen LogP contribution in [0.15, 0.2) is 36.4 Å². The maximum absolute atomic E-state index is 14.9. The monoisotopic (exact) mass is 572 g/mol. The first-order chi connectivity index (χ1) is 18.9. The van der Waals surface area contributed by atoms with Crippen LogP contribution in [0.25, 0.3) is 11.1 Å². The molecule has 2 aliphatic rings. The van der Waals surface area contributed by atoms with Gasteiger partial charge in [-0.1, -0.05) is 25.7 Å². The van der Waals surface area contributed by atoms with Crippen molar-refractivity contribution >= 4 is 0 Å². The smallest absolute Gasteiger partial charge is 0.429 e. The van der Waals surface area contributed by atoms with Gasteiger partial charge in [-0.25, -0.2) is 30.7 Å². The van der Waals surface area contributed by atoms with Crippen LogP contribution in [0.4, 0.5) is 39.5 Å². The third kappa shape index (κ3) is 5.54. The number of hydrogen-bond acceptors (Lipinski definition) is 1. The standard InChI is InChI=1S/C30H25F9O/c31-21-13-20(14-22(32)27(21)19-11-25(35)29(37)26(36)12-19)40-30(38,39)28-23(33)9-18(10-24(28)34)17-7-5-16(6-8-17)15-3-1-2-4-15/h9-17H,1-8H2. The van der Waals surface area contributed by atoms with E-state index >= 15 is 0 Å². The average molecular weight is 573 g/mol. The van der Waals surface area contributed by atoms with Crippen molar-refractivity contribution in [2.75, 3.05) is 0 Å². The molecule has 3 aromatic carbocycles. The van der Waals surface area contributed by atoms with Gasteiger partial charge < -0.3 is 4.74 Å². The van der Waals surface area contributed by atoms with Crippen LogP contribution in [0.5, 0.6) is 5.75 Å². The molecule has 3 aromatic rings. The third-order valence-corrected chi connectivity index (χ3v) is 8.20.